The Bertz CT molecular complexity index is 256. The largest absolute Gasteiger partial charge is 0.384 e. The molecule has 1 saturated heterocycles. The van der Waals surface area contributed by atoms with Crippen molar-refractivity contribution in [2.75, 3.05) is 46.4 Å². The third-order valence-electron chi connectivity index (χ3n) is 5.33. The van der Waals surface area contributed by atoms with Gasteiger partial charge >= 0.3 is 0 Å². The highest BCUT2D eigenvalue weighted by Gasteiger charge is 2.34. The Kier molecular flexibility index (Phi) is 6.79. The number of nitrogens with zero attached hydrogens (tertiary/aromatic N) is 1. The van der Waals surface area contributed by atoms with E-state index in [1.807, 2.05) is 7.11 Å². The first kappa shape index (κ1) is 16.3. The molecule has 0 aromatic heterocycles. The molecule has 1 heterocycles. The molecule has 1 saturated carbocycles. The molecule has 2 rings (SSSR count). The Morgan fingerprint density at radius 2 is 1.85 bits per heavy atom. The minimum atomic E-state index is 0.558. The van der Waals surface area contributed by atoms with E-state index in [1.54, 1.807) is 0 Å². The molecule has 0 bridgehead atoms. The van der Waals surface area contributed by atoms with Crippen LogP contribution in [0.15, 0.2) is 0 Å². The number of hydrogen-bond acceptors (Lipinski definition) is 3. The van der Waals surface area contributed by atoms with E-state index in [1.165, 1.54) is 71.1 Å². The van der Waals surface area contributed by atoms with E-state index in [0.717, 1.165) is 19.1 Å². The summed E-state index contributed by atoms with van der Waals surface area (Å²) in [6, 6.07) is 0. The summed E-state index contributed by atoms with van der Waals surface area (Å²) in [6.07, 6.45) is 9.83. The van der Waals surface area contributed by atoms with Crippen molar-refractivity contribution in [1.29, 1.82) is 0 Å². The highest BCUT2D eigenvalue weighted by molar-refractivity contribution is 4.89. The summed E-state index contributed by atoms with van der Waals surface area (Å²) in [4.78, 5) is 2.73. The standard InChI is InChI=1S/C17H34N2O/c1-3-18-14-17(9-5-4-6-10-17)15-19-11-7-16(8-12-19)13-20-2/h16,18H,3-15H2,1-2H3. The molecule has 0 amide bonds. The van der Waals surface area contributed by atoms with Crippen LogP contribution in [0.25, 0.3) is 0 Å². The summed E-state index contributed by atoms with van der Waals surface area (Å²) < 4.78 is 5.31. The number of hydrogen-bond donors (Lipinski definition) is 1. The van der Waals surface area contributed by atoms with Crippen molar-refractivity contribution in [3.63, 3.8) is 0 Å². The molecule has 3 heteroatoms. The van der Waals surface area contributed by atoms with E-state index in [-0.39, 0.29) is 0 Å². The zero-order chi connectivity index (χ0) is 14.3. The number of nitrogens with one attached hydrogen (secondary N) is 1. The first-order chi connectivity index (χ1) is 9.78. The molecule has 20 heavy (non-hydrogen) atoms. The molecule has 0 aromatic rings. The van der Waals surface area contributed by atoms with E-state index in [9.17, 15) is 0 Å². The average Bonchev–Trinajstić information content (AvgIpc) is 2.49. The van der Waals surface area contributed by atoms with E-state index < -0.39 is 0 Å². The molecule has 2 fully saturated rings. The van der Waals surface area contributed by atoms with Crippen molar-refractivity contribution in [3.8, 4) is 0 Å². The van der Waals surface area contributed by atoms with E-state index >= 15 is 0 Å². The zero-order valence-electron chi connectivity index (χ0n) is 13.6. The summed E-state index contributed by atoms with van der Waals surface area (Å²) in [6.45, 7) is 9.39. The van der Waals surface area contributed by atoms with Gasteiger partial charge in [0.05, 0.1) is 0 Å². The molecule has 0 spiro atoms. The summed E-state index contributed by atoms with van der Waals surface area (Å²) >= 11 is 0. The topological polar surface area (TPSA) is 24.5 Å². The number of methoxy groups -OCH3 is 1. The van der Waals surface area contributed by atoms with Crippen molar-refractivity contribution in [3.05, 3.63) is 0 Å². The molecule has 118 valence electrons. The van der Waals surface area contributed by atoms with E-state index in [2.05, 4.69) is 17.1 Å². The predicted molar refractivity (Wildman–Crippen MR) is 85.1 cm³/mol. The number of piperidine rings is 1. The van der Waals surface area contributed by atoms with Crippen LogP contribution < -0.4 is 5.32 Å². The smallest absolute Gasteiger partial charge is 0.0491 e. The van der Waals surface area contributed by atoms with Gasteiger partial charge in [-0.2, -0.15) is 0 Å². The van der Waals surface area contributed by atoms with Gasteiger partial charge in [0.15, 0.2) is 0 Å². The summed E-state index contributed by atoms with van der Waals surface area (Å²) in [7, 11) is 1.83. The fourth-order valence-electron chi connectivity index (χ4n) is 4.10. The van der Waals surface area contributed by atoms with Crippen LogP contribution in [0.4, 0.5) is 0 Å². The van der Waals surface area contributed by atoms with Gasteiger partial charge in [-0.15, -0.1) is 0 Å². The fourth-order valence-corrected chi connectivity index (χ4v) is 4.10. The lowest BCUT2D eigenvalue weighted by atomic mass is 9.73. The Morgan fingerprint density at radius 1 is 1.15 bits per heavy atom. The van der Waals surface area contributed by atoms with E-state index in [4.69, 9.17) is 4.74 Å². The Labute approximate surface area is 125 Å². The SMILES string of the molecule is CCNCC1(CN2CCC(COC)CC2)CCCCC1. The summed E-state index contributed by atoms with van der Waals surface area (Å²) in [5.41, 5.74) is 0.558. The van der Waals surface area contributed by atoms with Crippen LogP contribution in [0.5, 0.6) is 0 Å². The lowest BCUT2D eigenvalue weighted by Gasteiger charge is -2.43. The monoisotopic (exact) mass is 282 g/mol. The van der Waals surface area contributed by atoms with Gasteiger partial charge in [0.25, 0.3) is 0 Å². The lowest BCUT2D eigenvalue weighted by molar-refractivity contribution is 0.0572. The maximum atomic E-state index is 5.31. The zero-order valence-corrected chi connectivity index (χ0v) is 13.6. The molecule has 2 aliphatic rings. The minimum Gasteiger partial charge on any atom is -0.384 e. The van der Waals surface area contributed by atoms with Gasteiger partial charge in [-0.05, 0) is 56.7 Å². The second-order valence-corrected chi connectivity index (χ2v) is 7.02. The summed E-state index contributed by atoms with van der Waals surface area (Å²) in [5.74, 6) is 0.798. The van der Waals surface area contributed by atoms with Crippen molar-refractivity contribution < 1.29 is 4.74 Å². The molecule has 0 radical (unpaired) electrons. The molecule has 0 unspecified atom stereocenters. The van der Waals surface area contributed by atoms with Crippen molar-refractivity contribution in [2.45, 2.75) is 51.9 Å². The fraction of sp³-hybridized carbons (Fsp3) is 1.00. The summed E-state index contributed by atoms with van der Waals surface area (Å²) in [5, 5.41) is 3.63. The van der Waals surface area contributed by atoms with Crippen molar-refractivity contribution in [1.82, 2.24) is 10.2 Å². The highest BCUT2D eigenvalue weighted by atomic mass is 16.5. The molecule has 1 aliphatic heterocycles. The van der Waals surface area contributed by atoms with Crippen LogP contribution in [-0.2, 0) is 4.74 Å². The van der Waals surface area contributed by atoms with Gasteiger partial charge in [-0.25, -0.2) is 0 Å². The number of ether oxygens (including phenoxy) is 1. The van der Waals surface area contributed by atoms with Gasteiger partial charge in [-0.1, -0.05) is 26.2 Å². The van der Waals surface area contributed by atoms with Crippen molar-refractivity contribution >= 4 is 0 Å². The molecular weight excluding hydrogens is 248 g/mol. The number of rotatable bonds is 7. The number of likely N-dealkylation sites (tertiary alicyclic amines) is 1. The van der Waals surface area contributed by atoms with Gasteiger partial charge in [0, 0.05) is 26.8 Å². The normalized spacial score (nSPS) is 24.9. The first-order valence-electron chi connectivity index (χ1n) is 8.70. The van der Waals surface area contributed by atoms with Gasteiger partial charge in [-0.3, -0.25) is 0 Å². The second-order valence-electron chi connectivity index (χ2n) is 7.02. The van der Waals surface area contributed by atoms with E-state index in [0.29, 0.717) is 5.41 Å². The third-order valence-corrected chi connectivity index (χ3v) is 5.33. The first-order valence-corrected chi connectivity index (χ1v) is 8.70. The van der Waals surface area contributed by atoms with Crippen LogP contribution in [-0.4, -0.2) is 51.3 Å². The molecule has 1 aliphatic carbocycles. The Hall–Kier alpha value is -0.120. The van der Waals surface area contributed by atoms with Gasteiger partial charge in [0.1, 0.15) is 0 Å². The second kappa shape index (κ2) is 8.35. The molecule has 3 nitrogen and oxygen atoms in total. The lowest BCUT2D eigenvalue weighted by Crippen LogP contribution is -2.47. The third kappa shape index (κ3) is 4.71. The maximum Gasteiger partial charge on any atom is 0.0491 e. The van der Waals surface area contributed by atoms with Crippen molar-refractivity contribution in [2.24, 2.45) is 11.3 Å². The van der Waals surface area contributed by atoms with Gasteiger partial charge < -0.3 is 15.0 Å². The Balaban J connectivity index is 1.82. The van der Waals surface area contributed by atoms with Gasteiger partial charge in [0.2, 0.25) is 0 Å². The molecular formula is C17H34N2O. The van der Waals surface area contributed by atoms with Crippen LogP contribution in [0.1, 0.15) is 51.9 Å². The predicted octanol–water partition coefficient (Wildman–Crippen LogP) is 2.90. The minimum absolute atomic E-state index is 0.558. The Morgan fingerprint density at radius 3 is 2.45 bits per heavy atom. The van der Waals surface area contributed by atoms with Crippen LogP contribution >= 0.6 is 0 Å². The average molecular weight is 282 g/mol. The molecule has 1 N–H and O–H groups in total. The highest BCUT2D eigenvalue weighted by Crippen LogP contribution is 2.37. The quantitative estimate of drug-likeness (QED) is 0.777. The molecule has 0 aromatic carbocycles. The van der Waals surface area contributed by atoms with Crippen LogP contribution in [0, 0.1) is 11.3 Å². The molecule has 0 atom stereocenters. The van der Waals surface area contributed by atoms with Crippen LogP contribution in [0.2, 0.25) is 0 Å². The van der Waals surface area contributed by atoms with Crippen LogP contribution in [0.3, 0.4) is 0 Å². The maximum absolute atomic E-state index is 5.31.